The number of ether oxygens (including phenoxy) is 2. The summed E-state index contributed by atoms with van der Waals surface area (Å²) in [7, 11) is 2.50. The Hall–Kier alpha value is -3.59. The number of methoxy groups -OCH3 is 2. The molecule has 2 aromatic rings. The molecule has 1 aromatic carbocycles. The van der Waals surface area contributed by atoms with Crippen LogP contribution in [0.2, 0.25) is 0 Å². The van der Waals surface area contributed by atoms with Crippen LogP contribution in [0.15, 0.2) is 52.1 Å². The molecule has 1 aliphatic rings. The van der Waals surface area contributed by atoms with Gasteiger partial charge in [-0.15, -0.1) is 0 Å². The second-order valence-electron chi connectivity index (χ2n) is 6.16. The van der Waals surface area contributed by atoms with E-state index in [9.17, 15) is 14.4 Å². The summed E-state index contributed by atoms with van der Waals surface area (Å²) in [4.78, 5) is 37.6. The normalized spacial score (nSPS) is 13.6. The van der Waals surface area contributed by atoms with Crippen molar-refractivity contribution in [3.8, 4) is 11.3 Å². The molecule has 0 spiro atoms. The van der Waals surface area contributed by atoms with Crippen LogP contribution in [0.25, 0.3) is 11.3 Å². The number of β-amino-alcohol motifs (C(OH)–C–C–N with tert-alkyl or cyclic N) is 1. The molecule has 0 bridgehead atoms. The van der Waals surface area contributed by atoms with Crippen molar-refractivity contribution in [2.45, 2.75) is 0 Å². The zero-order chi connectivity index (χ0) is 21.0. The third-order valence-corrected chi connectivity index (χ3v) is 4.36. The molecule has 0 radical (unpaired) electrons. The number of aliphatic hydroxyl groups excluding tert-OH is 1. The number of hydrogen-bond acceptors (Lipinski definition) is 8. The Kier molecular flexibility index (Phi) is 5.99. The second kappa shape index (κ2) is 8.61. The molecular weight excluding hydrogens is 380 g/mol. The van der Waals surface area contributed by atoms with Gasteiger partial charge in [-0.25, -0.2) is 9.59 Å². The van der Waals surface area contributed by atoms with Gasteiger partial charge in [0.2, 0.25) is 5.76 Å². The summed E-state index contributed by atoms with van der Waals surface area (Å²) in [6.07, 6.45) is 0. The highest BCUT2D eigenvalue weighted by Gasteiger charge is 2.34. The van der Waals surface area contributed by atoms with Crippen LogP contribution < -0.4 is 5.32 Å². The molecule has 0 fully saturated rings. The standard InChI is InChI=1S/C20H20N2O7/c1-27-19(25)14-11-22(8-9-23)18(24)17(14)21-13-5-3-4-12(10-13)15-6-7-16(29-15)20(26)28-2/h3-7,10,21,23H,8-9,11H2,1-2H3. The quantitative estimate of drug-likeness (QED) is 0.670. The molecule has 9 nitrogen and oxygen atoms in total. The molecule has 29 heavy (non-hydrogen) atoms. The van der Waals surface area contributed by atoms with Crippen molar-refractivity contribution in [3.63, 3.8) is 0 Å². The Labute approximate surface area is 166 Å². The lowest BCUT2D eigenvalue weighted by atomic mass is 10.1. The minimum atomic E-state index is -0.619. The first-order valence-corrected chi connectivity index (χ1v) is 8.75. The number of aliphatic hydroxyl groups is 1. The van der Waals surface area contributed by atoms with Crippen molar-refractivity contribution in [3.05, 3.63) is 53.4 Å². The van der Waals surface area contributed by atoms with Gasteiger partial charge in [0, 0.05) is 17.8 Å². The molecule has 1 aliphatic heterocycles. The molecule has 0 atom stereocenters. The molecular formula is C20H20N2O7. The molecule has 2 N–H and O–H groups in total. The highest BCUT2D eigenvalue weighted by atomic mass is 16.5. The first-order valence-electron chi connectivity index (χ1n) is 8.75. The van der Waals surface area contributed by atoms with E-state index in [1.807, 2.05) is 0 Å². The minimum absolute atomic E-state index is 0.0504. The molecule has 0 aliphatic carbocycles. The third-order valence-electron chi connectivity index (χ3n) is 4.36. The van der Waals surface area contributed by atoms with E-state index >= 15 is 0 Å². The number of amides is 1. The number of rotatable bonds is 7. The molecule has 0 saturated heterocycles. The molecule has 2 heterocycles. The molecule has 3 rings (SSSR count). The molecule has 9 heteroatoms. The van der Waals surface area contributed by atoms with E-state index in [1.165, 1.54) is 25.2 Å². The van der Waals surface area contributed by atoms with Gasteiger partial charge in [-0.1, -0.05) is 12.1 Å². The summed E-state index contributed by atoms with van der Waals surface area (Å²) in [6.45, 7) is -0.0635. The van der Waals surface area contributed by atoms with Gasteiger partial charge in [0.05, 0.1) is 32.9 Å². The summed E-state index contributed by atoms with van der Waals surface area (Å²) in [5, 5.41) is 12.1. The van der Waals surface area contributed by atoms with Crippen LogP contribution in [0, 0.1) is 0 Å². The van der Waals surface area contributed by atoms with Crippen LogP contribution in [0.4, 0.5) is 5.69 Å². The maximum atomic E-state index is 12.6. The van der Waals surface area contributed by atoms with Gasteiger partial charge < -0.3 is 29.2 Å². The van der Waals surface area contributed by atoms with Crippen LogP contribution in [0.3, 0.4) is 0 Å². The van der Waals surface area contributed by atoms with E-state index in [0.29, 0.717) is 17.0 Å². The molecule has 0 unspecified atom stereocenters. The van der Waals surface area contributed by atoms with Crippen LogP contribution in [-0.4, -0.2) is 61.8 Å². The highest BCUT2D eigenvalue weighted by molar-refractivity contribution is 6.08. The Bertz CT molecular complexity index is 977. The lowest BCUT2D eigenvalue weighted by Crippen LogP contribution is -2.31. The highest BCUT2D eigenvalue weighted by Crippen LogP contribution is 2.28. The number of carbonyl (C=O) groups is 3. The SMILES string of the molecule is COC(=O)C1=C(Nc2cccc(-c3ccc(C(=O)OC)o3)c2)C(=O)N(CCO)C1. The van der Waals surface area contributed by atoms with Gasteiger partial charge in [0.15, 0.2) is 0 Å². The maximum Gasteiger partial charge on any atom is 0.373 e. The lowest BCUT2D eigenvalue weighted by molar-refractivity contribution is -0.136. The number of anilines is 1. The van der Waals surface area contributed by atoms with Gasteiger partial charge in [-0.05, 0) is 24.3 Å². The van der Waals surface area contributed by atoms with Crippen LogP contribution in [0.5, 0.6) is 0 Å². The van der Waals surface area contributed by atoms with E-state index in [0.717, 1.165) is 0 Å². The average molecular weight is 400 g/mol. The summed E-state index contributed by atoms with van der Waals surface area (Å²) >= 11 is 0. The van der Waals surface area contributed by atoms with Crippen molar-refractivity contribution < 1.29 is 33.4 Å². The van der Waals surface area contributed by atoms with E-state index in [1.54, 1.807) is 30.3 Å². The number of furan rings is 1. The minimum Gasteiger partial charge on any atom is -0.466 e. The third kappa shape index (κ3) is 4.14. The predicted octanol–water partition coefficient (Wildman–Crippen LogP) is 1.41. The number of benzene rings is 1. The topological polar surface area (TPSA) is 118 Å². The maximum absolute atomic E-state index is 12.6. The van der Waals surface area contributed by atoms with E-state index < -0.39 is 17.8 Å². The molecule has 0 saturated carbocycles. The van der Waals surface area contributed by atoms with Crippen LogP contribution in [0.1, 0.15) is 10.6 Å². The smallest absolute Gasteiger partial charge is 0.373 e. The van der Waals surface area contributed by atoms with Crippen molar-refractivity contribution in [2.24, 2.45) is 0 Å². The van der Waals surface area contributed by atoms with Crippen molar-refractivity contribution >= 4 is 23.5 Å². The lowest BCUT2D eigenvalue weighted by Gasteiger charge is -2.15. The molecule has 1 aromatic heterocycles. The van der Waals surface area contributed by atoms with Gasteiger partial charge in [-0.2, -0.15) is 0 Å². The Morgan fingerprint density at radius 2 is 1.93 bits per heavy atom. The van der Waals surface area contributed by atoms with Gasteiger partial charge >= 0.3 is 11.9 Å². The zero-order valence-electron chi connectivity index (χ0n) is 15.9. The summed E-state index contributed by atoms with van der Waals surface area (Å²) in [5.41, 5.74) is 1.47. The Morgan fingerprint density at radius 3 is 2.62 bits per heavy atom. The molecule has 1 amide bonds. The first kappa shape index (κ1) is 20.2. The number of nitrogens with one attached hydrogen (secondary N) is 1. The zero-order valence-corrected chi connectivity index (χ0v) is 15.9. The van der Waals surface area contributed by atoms with Gasteiger partial charge in [-0.3, -0.25) is 4.79 Å². The monoisotopic (exact) mass is 400 g/mol. The number of nitrogens with zero attached hydrogens (tertiary/aromatic N) is 1. The fourth-order valence-electron chi connectivity index (χ4n) is 2.95. The number of carbonyl (C=O) groups excluding carboxylic acids is 3. The van der Waals surface area contributed by atoms with Crippen LogP contribution in [-0.2, 0) is 19.1 Å². The Morgan fingerprint density at radius 1 is 1.17 bits per heavy atom. The largest absolute Gasteiger partial charge is 0.466 e. The van der Waals surface area contributed by atoms with Crippen molar-refractivity contribution in [1.29, 1.82) is 0 Å². The van der Waals surface area contributed by atoms with E-state index in [2.05, 4.69) is 10.1 Å². The Balaban J connectivity index is 1.88. The fourth-order valence-corrected chi connectivity index (χ4v) is 2.95. The van der Waals surface area contributed by atoms with Gasteiger partial charge in [0.25, 0.3) is 5.91 Å². The summed E-state index contributed by atoms with van der Waals surface area (Å²) in [5.74, 6) is -1.10. The second-order valence-corrected chi connectivity index (χ2v) is 6.16. The van der Waals surface area contributed by atoms with E-state index in [-0.39, 0.29) is 36.7 Å². The first-order chi connectivity index (χ1) is 14.0. The molecule has 152 valence electrons. The van der Waals surface area contributed by atoms with Crippen molar-refractivity contribution in [1.82, 2.24) is 4.90 Å². The number of hydrogen-bond donors (Lipinski definition) is 2. The average Bonchev–Trinajstić information content (AvgIpc) is 3.34. The van der Waals surface area contributed by atoms with Crippen LogP contribution >= 0.6 is 0 Å². The van der Waals surface area contributed by atoms with Gasteiger partial charge in [0.1, 0.15) is 11.5 Å². The summed E-state index contributed by atoms with van der Waals surface area (Å²) < 4.78 is 14.9. The summed E-state index contributed by atoms with van der Waals surface area (Å²) in [6, 6.07) is 10.1. The fraction of sp³-hybridized carbons (Fsp3) is 0.250. The van der Waals surface area contributed by atoms with E-state index in [4.69, 9.17) is 14.3 Å². The number of esters is 2. The predicted molar refractivity (Wildman–Crippen MR) is 102 cm³/mol. The van der Waals surface area contributed by atoms with Crippen molar-refractivity contribution in [2.75, 3.05) is 39.2 Å².